The highest BCUT2D eigenvalue weighted by atomic mass is 31.2. The summed E-state index contributed by atoms with van der Waals surface area (Å²) in [4.78, 5) is 26.9. The average Bonchev–Trinajstić information content (AvgIpc) is 3.20. The summed E-state index contributed by atoms with van der Waals surface area (Å²) in [5, 5.41) is 8.91. The fraction of sp³-hybridized carbons (Fsp3) is 0.591. The molecule has 0 spiro atoms. The Morgan fingerprint density at radius 3 is 2.34 bits per heavy atom. The average molecular weight is 459 g/mol. The quantitative estimate of drug-likeness (QED) is 0.230. The Balaban J connectivity index is 1.76. The largest absolute Gasteiger partial charge is 0.379 e. The van der Waals surface area contributed by atoms with Gasteiger partial charge in [0.25, 0.3) is 20.3 Å². The number of nitriles is 1. The van der Waals surface area contributed by atoms with Crippen molar-refractivity contribution in [1.82, 2.24) is 9.57 Å². The topological polar surface area (TPSA) is 92.1 Å². The molecule has 0 N–H and O–H groups in total. The highest BCUT2D eigenvalue weighted by Crippen LogP contribution is 2.49. The Labute approximate surface area is 192 Å². The molecule has 0 bridgehead atoms. The molecule has 1 aromatic rings. The molecule has 0 aliphatic carbocycles. The van der Waals surface area contributed by atoms with Gasteiger partial charge in [0.05, 0.1) is 42.9 Å². The Kier molecular flexibility index (Phi) is 8.43. The van der Waals surface area contributed by atoms with Crippen LogP contribution < -0.4 is 0 Å². The van der Waals surface area contributed by atoms with E-state index in [1.165, 1.54) is 4.90 Å². The van der Waals surface area contributed by atoms with Crippen LogP contribution >= 0.6 is 8.53 Å². The normalized spacial score (nSPS) is 23.9. The zero-order chi connectivity index (χ0) is 23.4. The third-order valence-corrected chi connectivity index (χ3v) is 7.67. The maximum absolute atomic E-state index is 12.8. The lowest BCUT2D eigenvalue weighted by atomic mass is 9.96. The van der Waals surface area contributed by atoms with Crippen molar-refractivity contribution in [3.05, 3.63) is 35.4 Å². The van der Waals surface area contributed by atoms with Gasteiger partial charge in [0.1, 0.15) is 14.0 Å². The SMILES string of the molecule is B[C@H]1C[C@H](OP(OCCC#N)N(C(C)C)C(C)C)[C@@H](CN2C(=O)c3ccccc3C2=O)O1. The Morgan fingerprint density at radius 2 is 1.81 bits per heavy atom. The van der Waals surface area contributed by atoms with E-state index in [9.17, 15) is 9.59 Å². The van der Waals surface area contributed by atoms with E-state index in [-0.39, 0.29) is 55.6 Å². The molecule has 2 heterocycles. The summed E-state index contributed by atoms with van der Waals surface area (Å²) in [5.74, 6) is -0.600. The molecule has 0 aromatic heterocycles. The van der Waals surface area contributed by atoms with Crippen LogP contribution in [0.2, 0.25) is 0 Å². The van der Waals surface area contributed by atoms with Gasteiger partial charge in [-0.3, -0.25) is 14.5 Å². The first-order valence-electron chi connectivity index (χ1n) is 11.1. The summed E-state index contributed by atoms with van der Waals surface area (Å²) in [6.07, 6.45) is 0.140. The molecule has 4 atom stereocenters. The molecule has 2 aliphatic rings. The van der Waals surface area contributed by atoms with Gasteiger partial charge < -0.3 is 13.8 Å². The molecule has 8 nitrogen and oxygen atoms in total. The fourth-order valence-electron chi connectivity index (χ4n) is 4.19. The molecule has 1 unspecified atom stereocenters. The molecule has 0 radical (unpaired) electrons. The maximum atomic E-state index is 12.8. The first kappa shape index (κ1) is 24.8. The molecular formula is C22H31BN3O5P. The van der Waals surface area contributed by atoms with Crippen LogP contribution in [0.4, 0.5) is 0 Å². The van der Waals surface area contributed by atoms with E-state index in [2.05, 4.69) is 38.4 Å². The molecular weight excluding hydrogens is 428 g/mol. The fourth-order valence-corrected chi connectivity index (χ4v) is 5.95. The van der Waals surface area contributed by atoms with Crippen LogP contribution in [-0.4, -0.2) is 72.7 Å². The Bertz CT molecular complexity index is 834. The second kappa shape index (κ2) is 10.9. The van der Waals surface area contributed by atoms with Gasteiger partial charge in [0.15, 0.2) is 0 Å². The highest BCUT2D eigenvalue weighted by Gasteiger charge is 2.43. The van der Waals surface area contributed by atoms with Gasteiger partial charge >= 0.3 is 0 Å². The number of amides is 2. The van der Waals surface area contributed by atoms with E-state index in [1.54, 1.807) is 24.3 Å². The summed E-state index contributed by atoms with van der Waals surface area (Å²) in [7, 11) is 0.514. The van der Waals surface area contributed by atoms with Crippen LogP contribution in [0.15, 0.2) is 24.3 Å². The first-order valence-corrected chi connectivity index (χ1v) is 12.2. The molecule has 3 rings (SSSR count). The number of imide groups is 1. The van der Waals surface area contributed by atoms with Crippen LogP contribution in [0.25, 0.3) is 0 Å². The minimum atomic E-state index is -1.44. The van der Waals surface area contributed by atoms with Crippen LogP contribution in [0, 0.1) is 11.3 Å². The van der Waals surface area contributed by atoms with Gasteiger partial charge in [-0.25, -0.2) is 4.67 Å². The number of fused-ring (bicyclic) bond motifs is 1. The number of hydrogen-bond donors (Lipinski definition) is 0. The van der Waals surface area contributed by atoms with Gasteiger partial charge in [-0.05, 0) is 46.2 Å². The summed E-state index contributed by atoms with van der Waals surface area (Å²) < 4.78 is 20.7. The second-order valence-electron chi connectivity index (χ2n) is 8.68. The number of ether oxygens (including phenoxy) is 1. The van der Waals surface area contributed by atoms with Gasteiger partial charge in [-0.2, -0.15) is 5.26 Å². The monoisotopic (exact) mass is 459 g/mol. The summed E-state index contributed by atoms with van der Waals surface area (Å²) in [5.41, 5.74) is 0.850. The summed E-state index contributed by atoms with van der Waals surface area (Å²) >= 11 is 0. The van der Waals surface area contributed by atoms with E-state index in [1.807, 2.05) is 7.85 Å². The molecule has 1 aromatic carbocycles. The number of carbonyl (C=O) groups excluding carboxylic acids is 2. The van der Waals surface area contributed by atoms with E-state index >= 15 is 0 Å². The molecule has 32 heavy (non-hydrogen) atoms. The van der Waals surface area contributed by atoms with E-state index in [4.69, 9.17) is 19.0 Å². The molecule has 2 aliphatic heterocycles. The third kappa shape index (κ3) is 5.39. The predicted molar refractivity (Wildman–Crippen MR) is 124 cm³/mol. The molecule has 0 saturated carbocycles. The van der Waals surface area contributed by atoms with Crippen LogP contribution in [0.5, 0.6) is 0 Å². The second-order valence-corrected chi connectivity index (χ2v) is 10.1. The lowest BCUT2D eigenvalue weighted by Crippen LogP contribution is -2.42. The van der Waals surface area contributed by atoms with Crippen molar-refractivity contribution in [1.29, 1.82) is 5.26 Å². The van der Waals surface area contributed by atoms with Crippen molar-refractivity contribution in [2.24, 2.45) is 0 Å². The minimum Gasteiger partial charge on any atom is -0.379 e. The lowest BCUT2D eigenvalue weighted by Gasteiger charge is -2.37. The number of nitrogens with zero attached hydrogens (tertiary/aromatic N) is 3. The number of carbonyl (C=O) groups is 2. The van der Waals surface area contributed by atoms with Crippen LogP contribution in [-0.2, 0) is 13.8 Å². The zero-order valence-corrected chi connectivity index (χ0v) is 20.2. The van der Waals surface area contributed by atoms with Crippen molar-refractivity contribution >= 4 is 28.2 Å². The summed E-state index contributed by atoms with van der Waals surface area (Å²) in [6, 6.07) is 9.25. The molecule has 1 saturated heterocycles. The number of benzene rings is 1. The van der Waals surface area contributed by atoms with Crippen molar-refractivity contribution < 1.29 is 23.4 Å². The van der Waals surface area contributed by atoms with Gasteiger partial charge in [0, 0.05) is 18.1 Å². The molecule has 1 fully saturated rings. The van der Waals surface area contributed by atoms with Crippen LogP contribution in [0.3, 0.4) is 0 Å². The standard InChI is InChI=1S/C22H31BN3O5P/c1-14(2)26(15(3)4)32(29-11-7-10-24)31-18-12-20(23)30-19(18)13-25-21(27)16-8-5-6-9-17(16)22(25)28/h5-6,8-9,14-15,18-20H,7,11-13,23H2,1-4H3/t18-,19+,20+,32?/m0/s1. The number of hydrogen-bond acceptors (Lipinski definition) is 7. The van der Waals surface area contributed by atoms with E-state index in [0.29, 0.717) is 17.5 Å². The van der Waals surface area contributed by atoms with Crippen molar-refractivity contribution in [2.45, 2.75) is 70.8 Å². The Hall–Kier alpha value is -1.82. The highest BCUT2D eigenvalue weighted by molar-refractivity contribution is 7.44. The molecule has 2 amide bonds. The van der Waals surface area contributed by atoms with E-state index in [0.717, 1.165) is 0 Å². The lowest BCUT2D eigenvalue weighted by molar-refractivity contribution is 0.0129. The first-order chi connectivity index (χ1) is 15.2. The molecule has 172 valence electrons. The van der Waals surface area contributed by atoms with Gasteiger partial charge in [-0.15, -0.1) is 0 Å². The molecule has 10 heteroatoms. The predicted octanol–water partition coefficient (Wildman–Crippen LogP) is 2.69. The minimum absolute atomic E-state index is 0.0670. The summed E-state index contributed by atoms with van der Waals surface area (Å²) in [6.45, 7) is 8.73. The van der Waals surface area contributed by atoms with Crippen molar-refractivity contribution in [3.8, 4) is 6.07 Å². The zero-order valence-electron chi connectivity index (χ0n) is 19.4. The van der Waals surface area contributed by atoms with E-state index < -0.39 is 14.6 Å². The van der Waals surface area contributed by atoms with Gasteiger partial charge in [0.2, 0.25) is 0 Å². The van der Waals surface area contributed by atoms with Crippen LogP contribution in [0.1, 0.15) is 61.3 Å². The van der Waals surface area contributed by atoms with Crippen molar-refractivity contribution in [2.75, 3.05) is 13.2 Å². The third-order valence-electron chi connectivity index (χ3n) is 5.51. The maximum Gasteiger partial charge on any atom is 0.261 e. The van der Waals surface area contributed by atoms with Crippen molar-refractivity contribution in [3.63, 3.8) is 0 Å². The number of rotatable bonds is 10. The smallest absolute Gasteiger partial charge is 0.261 e. The Morgan fingerprint density at radius 1 is 1.22 bits per heavy atom. The van der Waals surface area contributed by atoms with Gasteiger partial charge in [-0.1, -0.05) is 12.1 Å².